The molecule has 0 spiro atoms. The molecule has 0 aliphatic rings. The Balaban J connectivity index is 2.75. The van der Waals surface area contributed by atoms with E-state index >= 15 is 0 Å². The first-order valence-electron chi connectivity index (χ1n) is 4.99. The van der Waals surface area contributed by atoms with Crippen LogP contribution in [0.15, 0.2) is 71.1 Å². The summed E-state index contributed by atoms with van der Waals surface area (Å²) in [5.74, 6) is 0. The molecule has 0 aromatic heterocycles. The normalized spacial score (nSPS) is 12.4. The summed E-state index contributed by atoms with van der Waals surface area (Å²) in [7, 11) is 0. The largest absolute Gasteiger partial charge is 0.399 e. The Bertz CT molecular complexity index is 425. The van der Waals surface area contributed by atoms with E-state index < -0.39 is 0 Å². The SMILES string of the molecule is C=C/C=C\C(=C/C)N=Nc1ccc(N)cc1. The Morgan fingerprint density at radius 1 is 1.31 bits per heavy atom. The van der Waals surface area contributed by atoms with Gasteiger partial charge in [0.25, 0.3) is 0 Å². The van der Waals surface area contributed by atoms with E-state index in [0.29, 0.717) is 0 Å². The molecule has 0 aliphatic heterocycles. The molecule has 0 saturated heterocycles. The highest BCUT2D eigenvalue weighted by Crippen LogP contribution is 2.15. The van der Waals surface area contributed by atoms with Crippen LogP contribution in [0.3, 0.4) is 0 Å². The Hall–Kier alpha value is -2.16. The van der Waals surface area contributed by atoms with Crippen LogP contribution in [0.1, 0.15) is 6.92 Å². The minimum Gasteiger partial charge on any atom is -0.399 e. The monoisotopic (exact) mass is 213 g/mol. The van der Waals surface area contributed by atoms with Crippen molar-refractivity contribution in [1.82, 2.24) is 0 Å². The number of hydrogen-bond donors (Lipinski definition) is 1. The lowest BCUT2D eigenvalue weighted by Gasteiger charge is -1.94. The fraction of sp³-hybridized carbons (Fsp3) is 0.0769. The van der Waals surface area contributed by atoms with Crippen molar-refractivity contribution in [3.8, 4) is 0 Å². The van der Waals surface area contributed by atoms with E-state index in [1.165, 1.54) is 0 Å². The summed E-state index contributed by atoms with van der Waals surface area (Å²) in [6, 6.07) is 7.24. The molecule has 2 N–H and O–H groups in total. The van der Waals surface area contributed by atoms with Crippen molar-refractivity contribution in [1.29, 1.82) is 0 Å². The first-order chi connectivity index (χ1) is 7.76. The number of nitrogens with two attached hydrogens (primary N) is 1. The van der Waals surface area contributed by atoms with Crippen LogP contribution in [0.25, 0.3) is 0 Å². The summed E-state index contributed by atoms with van der Waals surface area (Å²) >= 11 is 0. The second-order valence-electron chi connectivity index (χ2n) is 3.10. The quantitative estimate of drug-likeness (QED) is 0.458. The summed E-state index contributed by atoms with van der Waals surface area (Å²) in [6.45, 7) is 5.50. The van der Waals surface area contributed by atoms with Crippen LogP contribution in [-0.2, 0) is 0 Å². The van der Waals surface area contributed by atoms with Gasteiger partial charge >= 0.3 is 0 Å². The zero-order valence-electron chi connectivity index (χ0n) is 9.30. The van der Waals surface area contributed by atoms with E-state index in [9.17, 15) is 0 Å². The molecule has 3 nitrogen and oxygen atoms in total. The Morgan fingerprint density at radius 2 is 2.00 bits per heavy atom. The Labute approximate surface area is 95.7 Å². The van der Waals surface area contributed by atoms with Gasteiger partial charge in [-0.15, -0.1) is 0 Å². The smallest absolute Gasteiger partial charge is 0.0858 e. The van der Waals surface area contributed by atoms with Crippen LogP contribution in [0.4, 0.5) is 11.4 Å². The van der Waals surface area contributed by atoms with Crippen molar-refractivity contribution >= 4 is 11.4 Å². The Morgan fingerprint density at radius 3 is 2.56 bits per heavy atom. The van der Waals surface area contributed by atoms with Gasteiger partial charge in [-0.2, -0.15) is 10.2 Å². The fourth-order valence-electron chi connectivity index (χ4n) is 1.01. The van der Waals surface area contributed by atoms with Gasteiger partial charge in [0.15, 0.2) is 0 Å². The lowest BCUT2D eigenvalue weighted by Crippen LogP contribution is -1.80. The van der Waals surface area contributed by atoms with E-state index in [1.807, 2.05) is 37.3 Å². The standard InChI is InChI=1S/C13H15N3/c1-3-5-6-12(4-2)15-16-13-9-7-11(14)8-10-13/h3-10H,1,14H2,2H3/b6-5-,12-4+,16-15?. The number of rotatable bonds is 4. The first kappa shape index (κ1) is 11.9. The minimum absolute atomic E-state index is 0.719. The summed E-state index contributed by atoms with van der Waals surface area (Å²) in [6.07, 6.45) is 7.23. The van der Waals surface area contributed by atoms with Crippen molar-refractivity contribution in [3.05, 3.63) is 60.8 Å². The topological polar surface area (TPSA) is 50.7 Å². The molecule has 0 heterocycles. The number of benzene rings is 1. The maximum Gasteiger partial charge on any atom is 0.0858 e. The third-order valence-electron chi connectivity index (χ3n) is 1.87. The van der Waals surface area contributed by atoms with Crippen molar-refractivity contribution in [2.75, 3.05) is 5.73 Å². The van der Waals surface area contributed by atoms with E-state index in [1.54, 1.807) is 18.2 Å². The molecule has 1 rings (SSSR count). The van der Waals surface area contributed by atoms with Crippen LogP contribution in [0.2, 0.25) is 0 Å². The van der Waals surface area contributed by atoms with E-state index in [-0.39, 0.29) is 0 Å². The summed E-state index contributed by atoms with van der Waals surface area (Å²) < 4.78 is 0. The van der Waals surface area contributed by atoms with Crippen LogP contribution < -0.4 is 5.73 Å². The molecule has 0 aliphatic carbocycles. The highest BCUT2D eigenvalue weighted by molar-refractivity contribution is 5.47. The van der Waals surface area contributed by atoms with Gasteiger partial charge in [-0.05, 0) is 37.3 Å². The molecule has 0 amide bonds. The number of nitrogen functional groups attached to an aromatic ring is 1. The van der Waals surface area contributed by atoms with Crippen LogP contribution in [0, 0.1) is 0 Å². The molecule has 82 valence electrons. The number of hydrogen-bond acceptors (Lipinski definition) is 3. The molecular formula is C13H15N3. The highest BCUT2D eigenvalue weighted by atomic mass is 15.1. The van der Waals surface area contributed by atoms with Crippen LogP contribution in [-0.4, -0.2) is 0 Å². The predicted octanol–water partition coefficient (Wildman–Crippen LogP) is 4.00. The zero-order valence-corrected chi connectivity index (χ0v) is 9.30. The molecule has 0 saturated carbocycles. The minimum atomic E-state index is 0.719. The highest BCUT2D eigenvalue weighted by Gasteiger charge is 1.89. The van der Waals surface area contributed by atoms with Gasteiger partial charge in [0.1, 0.15) is 0 Å². The third-order valence-corrected chi connectivity index (χ3v) is 1.87. The average molecular weight is 213 g/mol. The molecule has 3 heteroatoms. The molecule has 0 radical (unpaired) electrons. The van der Waals surface area contributed by atoms with Crippen LogP contribution in [0.5, 0.6) is 0 Å². The molecule has 0 fully saturated rings. The molecular weight excluding hydrogens is 198 g/mol. The van der Waals surface area contributed by atoms with Gasteiger partial charge < -0.3 is 5.73 Å². The Kier molecular flexibility index (Phi) is 4.73. The number of anilines is 1. The lowest BCUT2D eigenvalue weighted by atomic mass is 10.3. The second kappa shape index (κ2) is 6.35. The van der Waals surface area contributed by atoms with Crippen molar-refractivity contribution < 1.29 is 0 Å². The molecule has 0 atom stereocenters. The summed E-state index contributed by atoms with van der Waals surface area (Å²) in [4.78, 5) is 0. The number of azo groups is 1. The van der Waals surface area contributed by atoms with Crippen LogP contribution >= 0.6 is 0 Å². The summed E-state index contributed by atoms with van der Waals surface area (Å²) in [5, 5.41) is 8.18. The van der Waals surface area contributed by atoms with E-state index in [0.717, 1.165) is 17.1 Å². The lowest BCUT2D eigenvalue weighted by molar-refractivity contribution is 1.16. The average Bonchev–Trinajstić information content (AvgIpc) is 2.32. The van der Waals surface area contributed by atoms with Gasteiger partial charge in [-0.25, -0.2) is 0 Å². The van der Waals surface area contributed by atoms with Gasteiger partial charge in [0.2, 0.25) is 0 Å². The van der Waals surface area contributed by atoms with Gasteiger partial charge in [0.05, 0.1) is 11.4 Å². The van der Waals surface area contributed by atoms with Gasteiger partial charge in [0, 0.05) is 5.69 Å². The maximum absolute atomic E-state index is 5.57. The van der Waals surface area contributed by atoms with E-state index in [2.05, 4.69) is 16.8 Å². The molecule has 0 unspecified atom stereocenters. The summed E-state index contributed by atoms with van der Waals surface area (Å²) in [5.41, 5.74) is 7.85. The maximum atomic E-state index is 5.57. The van der Waals surface area contributed by atoms with Gasteiger partial charge in [-0.3, -0.25) is 0 Å². The molecule has 16 heavy (non-hydrogen) atoms. The third kappa shape index (κ3) is 3.92. The molecule has 1 aromatic carbocycles. The number of nitrogens with zero attached hydrogens (tertiary/aromatic N) is 2. The molecule has 1 aromatic rings. The van der Waals surface area contributed by atoms with Gasteiger partial charge in [-0.1, -0.05) is 24.8 Å². The van der Waals surface area contributed by atoms with Crippen molar-refractivity contribution in [3.63, 3.8) is 0 Å². The van der Waals surface area contributed by atoms with Crippen molar-refractivity contribution in [2.24, 2.45) is 10.2 Å². The zero-order chi connectivity index (χ0) is 11.8. The second-order valence-corrected chi connectivity index (χ2v) is 3.10. The first-order valence-corrected chi connectivity index (χ1v) is 4.99. The fourth-order valence-corrected chi connectivity index (χ4v) is 1.01. The predicted molar refractivity (Wildman–Crippen MR) is 68.5 cm³/mol. The molecule has 0 bridgehead atoms. The van der Waals surface area contributed by atoms with Crippen molar-refractivity contribution in [2.45, 2.75) is 6.92 Å². The number of allylic oxidation sites excluding steroid dienone is 4. The van der Waals surface area contributed by atoms with E-state index in [4.69, 9.17) is 5.73 Å².